The molecule has 0 radical (unpaired) electrons. The molecule has 0 N–H and O–H groups in total. The lowest BCUT2D eigenvalue weighted by Crippen LogP contribution is -2.33. The van der Waals surface area contributed by atoms with E-state index >= 15 is 0 Å². The molecule has 146 valence electrons. The minimum absolute atomic E-state index is 0.192. The predicted octanol–water partition coefficient (Wildman–Crippen LogP) is 4.90. The minimum atomic E-state index is -0.352. The smallest absolute Gasteiger partial charge is 0.231 e. The van der Waals surface area contributed by atoms with Crippen LogP contribution in [0.2, 0.25) is 0 Å². The maximum Gasteiger partial charge on any atom is 0.231 e. The van der Waals surface area contributed by atoms with Gasteiger partial charge in [-0.05, 0) is 53.8 Å². The van der Waals surface area contributed by atoms with Crippen molar-refractivity contribution in [2.75, 3.05) is 13.3 Å². The second-order valence-corrected chi connectivity index (χ2v) is 8.10. The summed E-state index contributed by atoms with van der Waals surface area (Å²) >= 11 is 1.75. The summed E-state index contributed by atoms with van der Waals surface area (Å²) in [5.41, 5.74) is 2.00. The first kappa shape index (κ1) is 18.1. The van der Waals surface area contributed by atoms with Crippen LogP contribution >= 0.6 is 11.3 Å². The van der Waals surface area contributed by atoms with Crippen molar-refractivity contribution in [3.05, 3.63) is 87.1 Å². The van der Waals surface area contributed by atoms with E-state index in [-0.39, 0.29) is 17.4 Å². The quantitative estimate of drug-likeness (QED) is 0.577. The molecule has 0 spiro atoms. The molecule has 0 saturated heterocycles. The highest BCUT2D eigenvalue weighted by atomic mass is 32.1. The molecular weight excluding hydrogens is 389 g/mol. The van der Waals surface area contributed by atoms with Crippen LogP contribution < -0.4 is 9.47 Å². The van der Waals surface area contributed by atoms with E-state index < -0.39 is 0 Å². The van der Waals surface area contributed by atoms with Gasteiger partial charge < -0.3 is 9.47 Å². The number of hydrogen-bond acceptors (Lipinski definition) is 5. The molecule has 2 aromatic carbocycles. The normalized spacial score (nSPS) is 17.0. The number of ether oxygens (including phenoxy) is 2. The first-order valence-electron chi connectivity index (χ1n) is 9.40. The fraction of sp³-hybridized carbons (Fsp3) is 0.174. The summed E-state index contributed by atoms with van der Waals surface area (Å²) < 4.78 is 25.3. The number of allylic oxidation sites excluding steroid dienone is 1. The Morgan fingerprint density at radius 1 is 1.17 bits per heavy atom. The summed E-state index contributed by atoms with van der Waals surface area (Å²) in [4.78, 5) is 16.3. The van der Waals surface area contributed by atoms with E-state index in [9.17, 15) is 9.18 Å². The molecule has 3 heterocycles. The average Bonchev–Trinajstić information content (AvgIpc) is 3.35. The Labute approximate surface area is 171 Å². The zero-order valence-corrected chi connectivity index (χ0v) is 16.4. The van der Waals surface area contributed by atoms with Crippen LogP contribution in [0.15, 0.2) is 59.7 Å². The largest absolute Gasteiger partial charge is 0.478 e. The van der Waals surface area contributed by atoms with Gasteiger partial charge in [-0.1, -0.05) is 18.2 Å². The van der Waals surface area contributed by atoms with E-state index in [1.165, 1.54) is 17.0 Å². The summed E-state index contributed by atoms with van der Waals surface area (Å²) in [6, 6.07) is 13.8. The van der Waals surface area contributed by atoms with Gasteiger partial charge in [-0.3, -0.25) is 9.69 Å². The van der Waals surface area contributed by atoms with Gasteiger partial charge in [-0.15, -0.1) is 11.3 Å². The van der Waals surface area contributed by atoms with Gasteiger partial charge >= 0.3 is 0 Å². The molecule has 0 aliphatic carbocycles. The average molecular weight is 407 g/mol. The molecule has 0 fully saturated rings. The second-order valence-electron chi connectivity index (χ2n) is 7.07. The van der Waals surface area contributed by atoms with E-state index in [4.69, 9.17) is 9.47 Å². The number of hydrogen-bond donors (Lipinski definition) is 0. The number of Topliss-reactive ketones (excluding diaryl/α,β-unsaturated/α-hetero) is 1. The van der Waals surface area contributed by atoms with Gasteiger partial charge in [0.2, 0.25) is 5.78 Å². The standard InChI is InChI=1S/C23H18FNO3S/c24-16-4-1-3-15(11-16)12-21-22(26)18-6-7-20-19(23(18)28-21)13-25(14-27-20)9-8-17-5-2-10-29-17/h1-7,10-12H,8-9,13-14H2/b21-12-. The van der Waals surface area contributed by atoms with Crippen molar-refractivity contribution in [2.45, 2.75) is 13.0 Å². The number of fused-ring (bicyclic) bond motifs is 3. The van der Waals surface area contributed by atoms with Gasteiger partial charge in [0, 0.05) is 18.0 Å². The number of carbonyl (C=O) groups is 1. The van der Waals surface area contributed by atoms with Crippen molar-refractivity contribution in [3.63, 3.8) is 0 Å². The maximum absolute atomic E-state index is 13.5. The molecule has 0 unspecified atom stereocenters. The predicted molar refractivity (Wildman–Crippen MR) is 110 cm³/mol. The Balaban J connectivity index is 1.39. The zero-order chi connectivity index (χ0) is 19.8. The molecule has 29 heavy (non-hydrogen) atoms. The first-order valence-corrected chi connectivity index (χ1v) is 10.3. The van der Waals surface area contributed by atoms with E-state index in [1.54, 1.807) is 35.6 Å². The molecule has 0 amide bonds. The summed E-state index contributed by atoms with van der Waals surface area (Å²) in [6.45, 7) is 2.03. The van der Waals surface area contributed by atoms with Crippen LogP contribution in [0.25, 0.3) is 6.08 Å². The summed E-state index contributed by atoms with van der Waals surface area (Å²) in [5.74, 6) is 0.957. The molecule has 0 saturated carbocycles. The van der Waals surface area contributed by atoms with E-state index in [0.29, 0.717) is 30.2 Å². The Morgan fingerprint density at radius 2 is 2.10 bits per heavy atom. The SMILES string of the molecule is O=C1/C(=C/c2cccc(F)c2)Oc2c1ccc1c2CN(CCc2cccs2)CO1. The third kappa shape index (κ3) is 3.57. The Kier molecular flexibility index (Phi) is 4.66. The highest BCUT2D eigenvalue weighted by molar-refractivity contribution is 7.09. The molecule has 3 aromatic rings. The van der Waals surface area contributed by atoms with Crippen molar-refractivity contribution in [3.8, 4) is 11.5 Å². The number of nitrogens with zero attached hydrogens (tertiary/aromatic N) is 1. The van der Waals surface area contributed by atoms with Crippen LogP contribution in [-0.2, 0) is 13.0 Å². The van der Waals surface area contributed by atoms with Crippen LogP contribution in [-0.4, -0.2) is 24.0 Å². The molecule has 0 bridgehead atoms. The van der Waals surface area contributed by atoms with Crippen molar-refractivity contribution in [2.24, 2.45) is 0 Å². The molecule has 2 aliphatic rings. The molecular formula is C23H18FNO3S. The zero-order valence-electron chi connectivity index (χ0n) is 15.6. The monoisotopic (exact) mass is 407 g/mol. The third-order valence-corrected chi connectivity index (χ3v) is 6.02. The number of ketones is 1. The number of rotatable bonds is 4. The number of carbonyl (C=O) groups excluding carboxylic acids is 1. The van der Waals surface area contributed by atoms with E-state index in [0.717, 1.165) is 24.3 Å². The van der Waals surface area contributed by atoms with Gasteiger partial charge in [-0.25, -0.2) is 4.39 Å². The van der Waals surface area contributed by atoms with Crippen LogP contribution in [0.3, 0.4) is 0 Å². The van der Waals surface area contributed by atoms with Gasteiger partial charge in [-0.2, -0.15) is 0 Å². The van der Waals surface area contributed by atoms with Gasteiger partial charge in [0.25, 0.3) is 0 Å². The lowest BCUT2D eigenvalue weighted by atomic mass is 10.0. The molecule has 2 aliphatic heterocycles. The molecule has 5 rings (SSSR count). The molecule has 1 aromatic heterocycles. The van der Waals surface area contributed by atoms with Gasteiger partial charge in [0.15, 0.2) is 5.76 Å². The number of thiophene rings is 1. The van der Waals surface area contributed by atoms with Crippen LogP contribution in [0.4, 0.5) is 4.39 Å². The molecule has 4 nitrogen and oxygen atoms in total. The molecule has 0 atom stereocenters. The van der Waals surface area contributed by atoms with E-state index in [2.05, 4.69) is 22.4 Å². The van der Waals surface area contributed by atoms with Crippen molar-refractivity contribution in [1.82, 2.24) is 4.90 Å². The highest BCUT2D eigenvalue weighted by Crippen LogP contribution is 2.42. The second kappa shape index (κ2) is 7.46. The summed E-state index contributed by atoms with van der Waals surface area (Å²) in [5, 5.41) is 2.08. The summed E-state index contributed by atoms with van der Waals surface area (Å²) in [7, 11) is 0. The Morgan fingerprint density at radius 3 is 2.93 bits per heavy atom. The Bertz CT molecular complexity index is 1110. The van der Waals surface area contributed by atoms with Crippen LogP contribution in [0.1, 0.15) is 26.4 Å². The van der Waals surface area contributed by atoms with Crippen molar-refractivity contribution in [1.29, 1.82) is 0 Å². The number of benzene rings is 2. The minimum Gasteiger partial charge on any atom is -0.478 e. The lowest BCUT2D eigenvalue weighted by Gasteiger charge is -2.29. The fourth-order valence-electron chi connectivity index (χ4n) is 3.62. The van der Waals surface area contributed by atoms with Crippen molar-refractivity contribution >= 4 is 23.2 Å². The first-order chi connectivity index (χ1) is 14.2. The fourth-order valence-corrected chi connectivity index (χ4v) is 4.32. The van der Waals surface area contributed by atoms with Gasteiger partial charge in [0.05, 0.1) is 11.1 Å². The highest BCUT2D eigenvalue weighted by Gasteiger charge is 2.33. The topological polar surface area (TPSA) is 38.8 Å². The Hall–Kier alpha value is -2.96. The van der Waals surface area contributed by atoms with Crippen LogP contribution in [0.5, 0.6) is 11.5 Å². The maximum atomic E-state index is 13.5. The third-order valence-electron chi connectivity index (χ3n) is 5.08. The lowest BCUT2D eigenvalue weighted by molar-refractivity contribution is 0.0951. The summed E-state index contributed by atoms with van der Waals surface area (Å²) in [6.07, 6.45) is 2.53. The van der Waals surface area contributed by atoms with E-state index in [1.807, 2.05) is 6.07 Å². The molecule has 6 heteroatoms. The van der Waals surface area contributed by atoms with Crippen molar-refractivity contribution < 1.29 is 18.7 Å². The number of halogens is 1. The van der Waals surface area contributed by atoms with Crippen LogP contribution in [0, 0.1) is 5.82 Å². The van der Waals surface area contributed by atoms with Gasteiger partial charge in [0.1, 0.15) is 24.0 Å².